The largest absolute Gasteiger partial charge is 0.388 e. The van der Waals surface area contributed by atoms with Gasteiger partial charge in [0.25, 0.3) is 5.91 Å². The van der Waals surface area contributed by atoms with E-state index in [9.17, 15) is 9.90 Å². The second-order valence-corrected chi connectivity index (χ2v) is 7.41. The van der Waals surface area contributed by atoms with Gasteiger partial charge in [0.2, 0.25) is 0 Å². The van der Waals surface area contributed by atoms with E-state index in [-0.39, 0.29) is 11.8 Å². The van der Waals surface area contributed by atoms with Crippen molar-refractivity contribution in [1.82, 2.24) is 4.90 Å². The van der Waals surface area contributed by atoms with Crippen LogP contribution in [0.15, 0.2) is 35.7 Å². The van der Waals surface area contributed by atoms with Crippen molar-refractivity contribution in [1.29, 1.82) is 0 Å². The second-order valence-electron chi connectivity index (χ2n) is 6.06. The molecule has 1 unspecified atom stereocenters. The van der Waals surface area contributed by atoms with Gasteiger partial charge in [0.1, 0.15) is 0 Å². The van der Waals surface area contributed by atoms with Gasteiger partial charge in [-0.05, 0) is 60.4 Å². The maximum absolute atomic E-state index is 12.5. The van der Waals surface area contributed by atoms with E-state index < -0.39 is 6.10 Å². The number of carbonyl (C=O) groups is 1. The lowest BCUT2D eigenvalue weighted by molar-refractivity contribution is 0.0465. The molecule has 5 heteroatoms. The first-order valence-corrected chi connectivity index (χ1v) is 9.09. The molecule has 0 radical (unpaired) electrons. The van der Waals surface area contributed by atoms with Crippen molar-refractivity contribution in [3.05, 3.63) is 56.7 Å². The Morgan fingerprint density at radius 3 is 2.48 bits per heavy atom. The Morgan fingerprint density at radius 1 is 1.26 bits per heavy atom. The highest BCUT2D eigenvalue weighted by Gasteiger charge is 2.29. The van der Waals surface area contributed by atoms with Gasteiger partial charge in [-0.15, -0.1) is 11.3 Å². The van der Waals surface area contributed by atoms with Crippen molar-refractivity contribution >= 4 is 28.8 Å². The highest BCUT2D eigenvalue weighted by atomic mass is 35.5. The minimum Gasteiger partial charge on any atom is -0.388 e. The number of aryl methyl sites for hydroxylation is 1. The standard InChI is InChI=1S/C18H20ClNO2S/c1-12-8-11-23-17(12)18(22)20-9-6-14(7-10-20)16(21)13-2-4-15(19)5-3-13/h2-5,8,11,14,16,21H,6-7,9-10H2,1H3. The van der Waals surface area contributed by atoms with Crippen LogP contribution in [0.1, 0.15) is 39.7 Å². The molecule has 0 aliphatic carbocycles. The molecule has 1 saturated heterocycles. The van der Waals surface area contributed by atoms with E-state index in [2.05, 4.69) is 0 Å². The number of piperidine rings is 1. The normalized spacial score (nSPS) is 17.3. The van der Waals surface area contributed by atoms with Crippen molar-refractivity contribution in [3.8, 4) is 0 Å². The van der Waals surface area contributed by atoms with Gasteiger partial charge in [0.05, 0.1) is 11.0 Å². The lowest BCUT2D eigenvalue weighted by Crippen LogP contribution is -2.39. The van der Waals surface area contributed by atoms with Crippen LogP contribution < -0.4 is 0 Å². The molecule has 2 heterocycles. The fourth-order valence-corrected chi connectivity index (χ4v) is 4.10. The lowest BCUT2D eigenvalue weighted by atomic mass is 9.87. The summed E-state index contributed by atoms with van der Waals surface area (Å²) in [5.41, 5.74) is 1.94. The Morgan fingerprint density at radius 2 is 1.91 bits per heavy atom. The van der Waals surface area contributed by atoms with Crippen LogP contribution >= 0.6 is 22.9 Å². The summed E-state index contributed by atoms with van der Waals surface area (Å²) in [5.74, 6) is 0.307. The monoisotopic (exact) mass is 349 g/mol. The van der Waals surface area contributed by atoms with E-state index in [0.29, 0.717) is 18.1 Å². The molecular weight excluding hydrogens is 330 g/mol. The maximum atomic E-state index is 12.5. The average Bonchev–Trinajstić information content (AvgIpc) is 3.00. The Balaban J connectivity index is 1.61. The number of aliphatic hydroxyl groups is 1. The van der Waals surface area contributed by atoms with Crippen molar-refractivity contribution in [2.45, 2.75) is 25.9 Å². The van der Waals surface area contributed by atoms with Crippen molar-refractivity contribution < 1.29 is 9.90 Å². The molecule has 0 spiro atoms. The van der Waals surface area contributed by atoms with E-state index in [1.165, 1.54) is 11.3 Å². The molecule has 1 aromatic carbocycles. The van der Waals surface area contributed by atoms with Gasteiger partial charge in [-0.1, -0.05) is 23.7 Å². The number of carbonyl (C=O) groups excluding carboxylic acids is 1. The molecule has 3 rings (SSSR count). The topological polar surface area (TPSA) is 40.5 Å². The maximum Gasteiger partial charge on any atom is 0.264 e. The molecule has 0 saturated carbocycles. The van der Waals surface area contributed by atoms with Crippen molar-refractivity contribution in [2.24, 2.45) is 5.92 Å². The number of hydrogen-bond donors (Lipinski definition) is 1. The number of hydrogen-bond acceptors (Lipinski definition) is 3. The molecule has 3 nitrogen and oxygen atoms in total. The number of likely N-dealkylation sites (tertiary alicyclic amines) is 1. The molecule has 2 aromatic rings. The Hall–Kier alpha value is -1.36. The predicted molar refractivity (Wildman–Crippen MR) is 94.1 cm³/mol. The quantitative estimate of drug-likeness (QED) is 0.897. The average molecular weight is 350 g/mol. The zero-order chi connectivity index (χ0) is 16.4. The predicted octanol–water partition coefficient (Wildman–Crippen LogP) is 4.30. The zero-order valence-corrected chi connectivity index (χ0v) is 14.6. The smallest absolute Gasteiger partial charge is 0.264 e. The number of nitrogens with zero attached hydrogens (tertiary/aromatic N) is 1. The van der Waals surface area contributed by atoms with Gasteiger partial charge >= 0.3 is 0 Å². The highest BCUT2D eigenvalue weighted by molar-refractivity contribution is 7.12. The van der Waals surface area contributed by atoms with Gasteiger partial charge < -0.3 is 10.0 Å². The number of thiophene rings is 1. The molecule has 1 aliphatic heterocycles. The van der Waals surface area contributed by atoms with E-state index in [1.807, 2.05) is 35.4 Å². The molecule has 1 fully saturated rings. The molecule has 1 aliphatic rings. The second kappa shape index (κ2) is 7.04. The third-order valence-corrected chi connectivity index (χ3v) is 5.80. The molecule has 1 atom stereocenters. The van der Waals surface area contributed by atoms with Crippen LogP contribution in [0.3, 0.4) is 0 Å². The van der Waals surface area contributed by atoms with Crippen LogP contribution in [-0.4, -0.2) is 29.0 Å². The SMILES string of the molecule is Cc1ccsc1C(=O)N1CCC(C(O)c2ccc(Cl)cc2)CC1. The molecular formula is C18H20ClNO2S. The zero-order valence-electron chi connectivity index (χ0n) is 13.0. The van der Waals surface area contributed by atoms with E-state index in [1.54, 1.807) is 12.1 Å². The summed E-state index contributed by atoms with van der Waals surface area (Å²) in [6.07, 6.45) is 1.15. The summed E-state index contributed by atoms with van der Waals surface area (Å²) >= 11 is 7.40. The van der Waals surface area contributed by atoms with Crippen LogP contribution in [0.25, 0.3) is 0 Å². The van der Waals surface area contributed by atoms with Gasteiger partial charge in [-0.2, -0.15) is 0 Å². The van der Waals surface area contributed by atoms with Crippen LogP contribution in [-0.2, 0) is 0 Å². The fourth-order valence-electron chi connectivity index (χ4n) is 3.09. The Kier molecular flexibility index (Phi) is 5.05. The summed E-state index contributed by atoms with van der Waals surface area (Å²) in [7, 11) is 0. The first kappa shape index (κ1) is 16.5. The first-order valence-electron chi connectivity index (χ1n) is 7.83. The van der Waals surface area contributed by atoms with Crippen molar-refractivity contribution in [2.75, 3.05) is 13.1 Å². The van der Waals surface area contributed by atoms with E-state index >= 15 is 0 Å². The van der Waals surface area contributed by atoms with Crippen LogP contribution in [0, 0.1) is 12.8 Å². The first-order chi connectivity index (χ1) is 11.1. The van der Waals surface area contributed by atoms with Crippen molar-refractivity contribution in [3.63, 3.8) is 0 Å². The third kappa shape index (κ3) is 3.60. The Bertz CT molecular complexity index is 675. The third-order valence-electron chi connectivity index (χ3n) is 4.54. The number of aliphatic hydroxyl groups excluding tert-OH is 1. The number of rotatable bonds is 3. The van der Waals surface area contributed by atoms with E-state index in [0.717, 1.165) is 28.8 Å². The van der Waals surface area contributed by atoms with Gasteiger partial charge in [0, 0.05) is 18.1 Å². The molecule has 0 bridgehead atoms. The summed E-state index contributed by atoms with van der Waals surface area (Å²) in [4.78, 5) is 15.3. The molecule has 23 heavy (non-hydrogen) atoms. The minimum atomic E-state index is -0.493. The highest BCUT2D eigenvalue weighted by Crippen LogP contribution is 2.32. The molecule has 1 amide bonds. The summed E-state index contributed by atoms with van der Waals surface area (Å²) < 4.78 is 0. The Labute approximate surface area is 145 Å². The number of halogens is 1. The summed E-state index contributed by atoms with van der Waals surface area (Å²) in [6, 6.07) is 9.34. The number of amides is 1. The lowest BCUT2D eigenvalue weighted by Gasteiger charge is -2.34. The summed E-state index contributed by atoms with van der Waals surface area (Å²) in [5, 5.41) is 13.2. The van der Waals surface area contributed by atoms with Crippen LogP contribution in [0.4, 0.5) is 0 Å². The number of benzene rings is 1. The molecule has 1 aromatic heterocycles. The van der Waals surface area contributed by atoms with Gasteiger partial charge in [-0.3, -0.25) is 4.79 Å². The summed E-state index contributed by atoms with van der Waals surface area (Å²) in [6.45, 7) is 3.37. The van der Waals surface area contributed by atoms with Gasteiger partial charge in [0.15, 0.2) is 0 Å². The molecule has 1 N–H and O–H groups in total. The minimum absolute atomic E-state index is 0.122. The molecule has 122 valence electrons. The van der Waals surface area contributed by atoms with E-state index in [4.69, 9.17) is 11.6 Å². The van der Waals surface area contributed by atoms with Crippen LogP contribution in [0.5, 0.6) is 0 Å². The van der Waals surface area contributed by atoms with Crippen LogP contribution in [0.2, 0.25) is 5.02 Å². The fraction of sp³-hybridized carbons (Fsp3) is 0.389. The van der Waals surface area contributed by atoms with Gasteiger partial charge in [-0.25, -0.2) is 0 Å².